The van der Waals surface area contributed by atoms with Gasteiger partial charge in [-0.2, -0.15) is 0 Å². The molecule has 0 bridgehead atoms. The topological polar surface area (TPSA) is 0 Å². The van der Waals surface area contributed by atoms with Gasteiger partial charge in [0.1, 0.15) is 5.82 Å². The largest absolute Gasteiger partial charge is 0.207 e. The van der Waals surface area contributed by atoms with E-state index in [1.54, 1.807) is 6.08 Å². The Morgan fingerprint density at radius 2 is 1.68 bits per heavy atom. The van der Waals surface area contributed by atoms with Crippen LogP contribution in [0, 0.1) is 5.82 Å². The molecule has 0 nitrogen and oxygen atoms in total. The van der Waals surface area contributed by atoms with Crippen LogP contribution in [0.25, 0.3) is 27.6 Å². The third-order valence-electron chi connectivity index (χ3n) is 3.45. The van der Waals surface area contributed by atoms with E-state index in [4.69, 9.17) is 11.6 Å². The van der Waals surface area contributed by atoms with Crippen molar-refractivity contribution in [2.24, 2.45) is 0 Å². The van der Waals surface area contributed by atoms with Crippen LogP contribution in [0.15, 0.2) is 49.0 Å². The molecule has 0 spiro atoms. The summed E-state index contributed by atoms with van der Waals surface area (Å²) in [5.41, 5.74) is 1.35. The Hall–Kier alpha value is -1.86. The minimum Gasteiger partial charge on any atom is -0.207 e. The Morgan fingerprint density at radius 3 is 2.26 bits per heavy atom. The molecule has 3 rings (SSSR count). The molecule has 0 aliphatic rings. The number of hydrogen-bond acceptors (Lipinski definition) is 0. The molecular formula is C17H12ClF. The molecule has 0 N–H and O–H groups in total. The highest BCUT2D eigenvalue weighted by Gasteiger charge is 2.11. The number of halogens is 2. The fraction of sp³-hybridized carbons (Fsp3) is 0.0588. The summed E-state index contributed by atoms with van der Waals surface area (Å²) in [6, 6.07) is 13.6. The molecule has 19 heavy (non-hydrogen) atoms. The third kappa shape index (κ3) is 1.91. The Morgan fingerprint density at radius 1 is 1.05 bits per heavy atom. The van der Waals surface area contributed by atoms with E-state index in [1.165, 1.54) is 6.07 Å². The zero-order valence-corrected chi connectivity index (χ0v) is 11.0. The lowest BCUT2D eigenvalue weighted by molar-refractivity contribution is 0.619. The summed E-state index contributed by atoms with van der Waals surface area (Å²) < 4.78 is 14.0. The molecule has 0 saturated carbocycles. The summed E-state index contributed by atoms with van der Waals surface area (Å²) in [7, 11) is 0. The Bertz CT molecular complexity index is 790. The van der Waals surface area contributed by atoms with Crippen LogP contribution in [0.4, 0.5) is 4.39 Å². The molecule has 0 atom stereocenters. The molecule has 3 aromatic rings. The first-order valence-corrected chi connectivity index (χ1v) is 6.60. The van der Waals surface area contributed by atoms with Crippen LogP contribution >= 0.6 is 11.6 Å². The maximum absolute atomic E-state index is 14.0. The minimum atomic E-state index is -0.271. The van der Waals surface area contributed by atoms with Crippen molar-refractivity contribution in [2.75, 3.05) is 0 Å². The van der Waals surface area contributed by atoms with Crippen LogP contribution in [-0.2, 0) is 5.88 Å². The summed E-state index contributed by atoms with van der Waals surface area (Å²) in [6.45, 7) is 3.76. The van der Waals surface area contributed by atoms with Crippen LogP contribution in [0.5, 0.6) is 0 Å². The maximum Gasteiger partial charge on any atom is 0.128 e. The zero-order chi connectivity index (χ0) is 13.4. The molecule has 0 aromatic heterocycles. The third-order valence-corrected chi connectivity index (χ3v) is 3.71. The SMILES string of the molecule is C=Cc1cc(F)c(CCl)c2cc3ccccc3cc12. The number of benzene rings is 3. The predicted octanol–water partition coefficient (Wildman–Crippen LogP) is 5.51. The highest BCUT2D eigenvalue weighted by atomic mass is 35.5. The fourth-order valence-corrected chi connectivity index (χ4v) is 2.74. The maximum atomic E-state index is 14.0. The smallest absolute Gasteiger partial charge is 0.128 e. The highest BCUT2D eigenvalue weighted by molar-refractivity contribution is 6.18. The second kappa shape index (κ2) is 4.67. The molecule has 2 heteroatoms. The average molecular weight is 271 g/mol. The molecular weight excluding hydrogens is 259 g/mol. The quantitative estimate of drug-likeness (QED) is 0.425. The van der Waals surface area contributed by atoms with E-state index in [9.17, 15) is 4.39 Å². The summed E-state index contributed by atoms with van der Waals surface area (Å²) in [6.07, 6.45) is 1.68. The summed E-state index contributed by atoms with van der Waals surface area (Å²) in [5, 5.41) is 4.07. The van der Waals surface area contributed by atoms with Crippen LogP contribution in [0.2, 0.25) is 0 Å². The van der Waals surface area contributed by atoms with E-state index in [0.29, 0.717) is 5.56 Å². The number of hydrogen-bond donors (Lipinski definition) is 0. The lowest BCUT2D eigenvalue weighted by Crippen LogP contribution is -1.92. The van der Waals surface area contributed by atoms with Gasteiger partial charge in [0, 0.05) is 5.56 Å². The molecule has 0 aliphatic heterocycles. The summed E-state index contributed by atoms with van der Waals surface area (Å²) in [5.74, 6) is -0.106. The van der Waals surface area contributed by atoms with Crippen LogP contribution in [-0.4, -0.2) is 0 Å². The van der Waals surface area contributed by atoms with E-state index in [0.717, 1.165) is 27.1 Å². The molecule has 0 saturated heterocycles. The molecule has 0 heterocycles. The van der Waals surface area contributed by atoms with Crippen molar-refractivity contribution in [3.05, 3.63) is 66.0 Å². The lowest BCUT2D eigenvalue weighted by Gasteiger charge is -2.10. The van der Waals surface area contributed by atoms with E-state index >= 15 is 0 Å². The van der Waals surface area contributed by atoms with Crippen molar-refractivity contribution in [1.29, 1.82) is 0 Å². The lowest BCUT2D eigenvalue weighted by atomic mass is 9.96. The van der Waals surface area contributed by atoms with Gasteiger partial charge in [0.15, 0.2) is 0 Å². The standard InChI is InChI=1S/C17H12ClF/c1-2-11-9-17(19)16(10-18)15-8-13-6-4-3-5-12(13)7-14(11)15/h2-9H,1,10H2. The number of fused-ring (bicyclic) bond motifs is 2. The van der Waals surface area contributed by atoms with E-state index in [-0.39, 0.29) is 11.7 Å². The second-order valence-corrected chi connectivity index (χ2v) is 4.78. The summed E-state index contributed by atoms with van der Waals surface area (Å²) >= 11 is 5.89. The van der Waals surface area contributed by atoms with Crippen LogP contribution < -0.4 is 0 Å². The second-order valence-electron chi connectivity index (χ2n) is 4.51. The molecule has 0 aliphatic carbocycles. The van der Waals surface area contributed by atoms with E-state index in [1.807, 2.05) is 30.3 Å². The zero-order valence-electron chi connectivity index (χ0n) is 10.3. The fourth-order valence-electron chi connectivity index (χ4n) is 2.46. The van der Waals surface area contributed by atoms with Gasteiger partial charge < -0.3 is 0 Å². The molecule has 0 fully saturated rings. The van der Waals surface area contributed by atoms with Crippen molar-refractivity contribution in [3.63, 3.8) is 0 Å². The van der Waals surface area contributed by atoms with E-state index < -0.39 is 0 Å². The molecule has 0 unspecified atom stereocenters. The number of alkyl halides is 1. The molecule has 94 valence electrons. The Balaban J connectivity index is 2.54. The van der Waals surface area contributed by atoms with Gasteiger partial charge in [-0.15, -0.1) is 11.6 Å². The average Bonchev–Trinajstić information content (AvgIpc) is 2.44. The van der Waals surface area contributed by atoms with Gasteiger partial charge in [0.25, 0.3) is 0 Å². The first-order valence-electron chi connectivity index (χ1n) is 6.07. The van der Waals surface area contributed by atoms with Gasteiger partial charge >= 0.3 is 0 Å². The highest BCUT2D eigenvalue weighted by Crippen LogP contribution is 2.31. The molecule has 0 amide bonds. The van der Waals surface area contributed by atoms with Crippen molar-refractivity contribution in [2.45, 2.75) is 5.88 Å². The van der Waals surface area contributed by atoms with Crippen LogP contribution in [0.1, 0.15) is 11.1 Å². The minimum absolute atomic E-state index is 0.165. The van der Waals surface area contributed by atoms with Gasteiger partial charge in [-0.3, -0.25) is 0 Å². The first kappa shape index (κ1) is 12.2. The predicted molar refractivity (Wildman–Crippen MR) is 81.1 cm³/mol. The Kier molecular flexibility index (Phi) is 3.00. The van der Waals surface area contributed by atoms with Gasteiger partial charge in [-0.1, -0.05) is 36.9 Å². The van der Waals surface area contributed by atoms with E-state index in [2.05, 4.69) is 12.6 Å². The van der Waals surface area contributed by atoms with Gasteiger partial charge in [0.05, 0.1) is 5.88 Å². The van der Waals surface area contributed by atoms with Gasteiger partial charge in [0.2, 0.25) is 0 Å². The van der Waals surface area contributed by atoms with Crippen molar-refractivity contribution >= 4 is 39.2 Å². The number of rotatable bonds is 2. The normalized spacial score (nSPS) is 11.1. The van der Waals surface area contributed by atoms with Gasteiger partial charge in [-0.25, -0.2) is 4.39 Å². The Labute approximate surface area is 116 Å². The van der Waals surface area contributed by atoms with Crippen molar-refractivity contribution in [3.8, 4) is 0 Å². The molecule has 0 radical (unpaired) electrons. The first-order chi connectivity index (χ1) is 9.24. The van der Waals surface area contributed by atoms with Crippen molar-refractivity contribution in [1.82, 2.24) is 0 Å². The monoisotopic (exact) mass is 270 g/mol. The molecule has 3 aromatic carbocycles. The van der Waals surface area contributed by atoms with Gasteiger partial charge in [-0.05, 0) is 45.3 Å². The summed E-state index contributed by atoms with van der Waals surface area (Å²) in [4.78, 5) is 0. The van der Waals surface area contributed by atoms with Crippen molar-refractivity contribution < 1.29 is 4.39 Å². The van der Waals surface area contributed by atoms with Crippen LogP contribution in [0.3, 0.4) is 0 Å².